The van der Waals surface area contributed by atoms with E-state index in [4.69, 9.17) is 14.2 Å². The number of aromatic nitrogens is 1. The van der Waals surface area contributed by atoms with Crippen LogP contribution in [0, 0.1) is 0 Å². The van der Waals surface area contributed by atoms with Crippen LogP contribution >= 0.6 is 23.1 Å². The summed E-state index contributed by atoms with van der Waals surface area (Å²) in [5.74, 6) is 3.81. The Balaban J connectivity index is 1.48. The third-order valence-corrected chi connectivity index (χ3v) is 6.10. The van der Waals surface area contributed by atoms with Crippen molar-refractivity contribution in [3.05, 3.63) is 64.7 Å². The molecule has 1 amide bonds. The molecule has 158 valence electrons. The molecule has 0 radical (unpaired) electrons. The van der Waals surface area contributed by atoms with Crippen molar-refractivity contribution in [3.63, 3.8) is 0 Å². The van der Waals surface area contributed by atoms with Gasteiger partial charge < -0.3 is 19.5 Å². The standard InChI is InChI=1S/C22H24N2O4S2/c1-26-18-6-4-15(5-7-18)10-21(25)24-22-23-17(14-30-22)13-29-12-16-8-19(27-2)11-20(9-16)28-3/h4-9,11,14H,10,12-13H2,1-3H3,(H,23,24,25). The first-order chi connectivity index (χ1) is 14.6. The van der Waals surface area contributed by atoms with E-state index < -0.39 is 0 Å². The third-order valence-electron chi connectivity index (χ3n) is 4.25. The molecule has 3 aromatic rings. The highest BCUT2D eigenvalue weighted by atomic mass is 32.2. The number of rotatable bonds is 10. The molecule has 1 aromatic heterocycles. The van der Waals surface area contributed by atoms with Crippen molar-refractivity contribution >= 4 is 34.1 Å². The van der Waals surface area contributed by atoms with Gasteiger partial charge in [-0.1, -0.05) is 12.1 Å². The lowest BCUT2D eigenvalue weighted by molar-refractivity contribution is -0.115. The number of nitrogens with one attached hydrogen (secondary N) is 1. The Hall–Kier alpha value is -2.71. The summed E-state index contributed by atoms with van der Waals surface area (Å²) in [5, 5.41) is 5.46. The summed E-state index contributed by atoms with van der Waals surface area (Å²) in [4.78, 5) is 16.8. The number of thiazole rings is 1. The molecular weight excluding hydrogens is 420 g/mol. The topological polar surface area (TPSA) is 69.7 Å². The zero-order valence-corrected chi connectivity index (χ0v) is 18.8. The number of amides is 1. The van der Waals surface area contributed by atoms with Gasteiger partial charge in [0, 0.05) is 23.0 Å². The van der Waals surface area contributed by atoms with Gasteiger partial charge >= 0.3 is 0 Å². The molecule has 0 aliphatic carbocycles. The van der Waals surface area contributed by atoms with E-state index in [0.29, 0.717) is 11.6 Å². The summed E-state index contributed by atoms with van der Waals surface area (Å²) < 4.78 is 15.8. The fourth-order valence-corrected chi connectivity index (χ4v) is 4.44. The van der Waals surface area contributed by atoms with E-state index in [0.717, 1.165) is 45.6 Å². The summed E-state index contributed by atoms with van der Waals surface area (Å²) in [7, 11) is 4.91. The van der Waals surface area contributed by atoms with Gasteiger partial charge in [0.1, 0.15) is 17.2 Å². The molecule has 1 heterocycles. The molecule has 0 saturated heterocycles. The number of anilines is 1. The number of benzene rings is 2. The Morgan fingerprint density at radius 3 is 2.23 bits per heavy atom. The molecule has 0 atom stereocenters. The third kappa shape index (κ3) is 6.40. The summed E-state index contributed by atoms with van der Waals surface area (Å²) in [6.07, 6.45) is 0.297. The Morgan fingerprint density at radius 2 is 1.60 bits per heavy atom. The molecule has 0 unspecified atom stereocenters. The molecule has 8 heteroatoms. The van der Waals surface area contributed by atoms with Crippen LogP contribution in [0.3, 0.4) is 0 Å². The minimum absolute atomic E-state index is 0.0859. The van der Waals surface area contributed by atoms with Gasteiger partial charge in [0.15, 0.2) is 5.13 Å². The lowest BCUT2D eigenvalue weighted by Gasteiger charge is -2.08. The highest BCUT2D eigenvalue weighted by Crippen LogP contribution is 2.27. The molecule has 6 nitrogen and oxygen atoms in total. The van der Waals surface area contributed by atoms with Crippen LogP contribution in [0.15, 0.2) is 47.8 Å². The fraction of sp³-hybridized carbons (Fsp3) is 0.273. The van der Waals surface area contributed by atoms with Gasteiger partial charge in [0.2, 0.25) is 5.91 Å². The quantitative estimate of drug-likeness (QED) is 0.485. The van der Waals surface area contributed by atoms with E-state index >= 15 is 0 Å². The first-order valence-electron chi connectivity index (χ1n) is 9.26. The molecule has 3 rings (SSSR count). The minimum Gasteiger partial charge on any atom is -0.497 e. The summed E-state index contributed by atoms with van der Waals surface area (Å²) >= 11 is 3.18. The first kappa shape index (κ1) is 22.0. The predicted molar refractivity (Wildman–Crippen MR) is 122 cm³/mol. The normalized spacial score (nSPS) is 10.5. The van der Waals surface area contributed by atoms with Crippen LogP contribution in [0.2, 0.25) is 0 Å². The smallest absolute Gasteiger partial charge is 0.230 e. The zero-order chi connectivity index (χ0) is 21.3. The molecule has 0 aliphatic rings. The second-order valence-corrected chi connectivity index (χ2v) is 8.27. The van der Waals surface area contributed by atoms with Crippen LogP contribution in [0.5, 0.6) is 17.2 Å². The summed E-state index contributed by atoms with van der Waals surface area (Å²) in [5.41, 5.74) is 2.99. The number of carbonyl (C=O) groups excluding carboxylic acids is 1. The highest BCUT2D eigenvalue weighted by molar-refractivity contribution is 7.97. The number of ether oxygens (including phenoxy) is 3. The van der Waals surface area contributed by atoms with Gasteiger partial charge in [-0.2, -0.15) is 11.8 Å². The van der Waals surface area contributed by atoms with Crippen molar-refractivity contribution in [1.29, 1.82) is 0 Å². The van der Waals surface area contributed by atoms with E-state index in [-0.39, 0.29) is 5.91 Å². The molecule has 0 fully saturated rings. The summed E-state index contributed by atoms with van der Waals surface area (Å²) in [6, 6.07) is 13.3. The number of nitrogens with zero attached hydrogens (tertiary/aromatic N) is 1. The van der Waals surface area contributed by atoms with E-state index in [1.807, 2.05) is 47.8 Å². The molecule has 2 aromatic carbocycles. The molecule has 0 bridgehead atoms. The van der Waals surface area contributed by atoms with Crippen LogP contribution in [0.1, 0.15) is 16.8 Å². The van der Waals surface area contributed by atoms with Gasteiger partial charge in [-0.3, -0.25) is 4.79 Å². The Kier molecular flexibility index (Phi) is 7.98. The van der Waals surface area contributed by atoms with Crippen LogP contribution < -0.4 is 19.5 Å². The zero-order valence-electron chi connectivity index (χ0n) is 17.1. The van der Waals surface area contributed by atoms with E-state index in [1.165, 1.54) is 11.3 Å². The Morgan fingerprint density at radius 1 is 0.933 bits per heavy atom. The SMILES string of the molecule is COc1ccc(CC(=O)Nc2nc(CSCc3cc(OC)cc(OC)c3)cs2)cc1. The molecule has 0 aliphatic heterocycles. The lowest BCUT2D eigenvalue weighted by Crippen LogP contribution is -2.14. The van der Waals surface area contributed by atoms with E-state index in [1.54, 1.807) is 33.1 Å². The van der Waals surface area contributed by atoms with Gasteiger partial charge in [-0.05, 0) is 35.4 Å². The van der Waals surface area contributed by atoms with Crippen molar-refractivity contribution in [2.45, 2.75) is 17.9 Å². The maximum absolute atomic E-state index is 12.3. The largest absolute Gasteiger partial charge is 0.497 e. The van der Waals surface area contributed by atoms with Crippen molar-refractivity contribution in [3.8, 4) is 17.2 Å². The molecule has 0 spiro atoms. The Bertz CT molecular complexity index is 951. The van der Waals surface area contributed by atoms with Crippen LogP contribution in [0.25, 0.3) is 0 Å². The molecule has 1 N–H and O–H groups in total. The van der Waals surface area contributed by atoms with Crippen LogP contribution in [-0.4, -0.2) is 32.2 Å². The fourth-order valence-electron chi connectivity index (χ4n) is 2.75. The maximum atomic E-state index is 12.3. The second-order valence-electron chi connectivity index (χ2n) is 6.43. The minimum atomic E-state index is -0.0859. The predicted octanol–water partition coefficient (Wildman–Crippen LogP) is 4.78. The number of hydrogen-bond donors (Lipinski definition) is 1. The average molecular weight is 445 g/mol. The van der Waals surface area contributed by atoms with Gasteiger partial charge in [-0.15, -0.1) is 11.3 Å². The number of hydrogen-bond acceptors (Lipinski definition) is 7. The van der Waals surface area contributed by atoms with Gasteiger partial charge in [0.25, 0.3) is 0 Å². The Labute approximate surface area is 184 Å². The van der Waals surface area contributed by atoms with Crippen molar-refractivity contribution in [1.82, 2.24) is 4.98 Å². The number of thioether (sulfide) groups is 1. The molecular formula is C22H24N2O4S2. The number of methoxy groups -OCH3 is 3. The monoisotopic (exact) mass is 444 g/mol. The van der Waals surface area contributed by atoms with Crippen LogP contribution in [-0.2, 0) is 22.7 Å². The average Bonchev–Trinajstić information content (AvgIpc) is 3.20. The van der Waals surface area contributed by atoms with Crippen LogP contribution in [0.4, 0.5) is 5.13 Å². The maximum Gasteiger partial charge on any atom is 0.230 e. The molecule has 30 heavy (non-hydrogen) atoms. The lowest BCUT2D eigenvalue weighted by atomic mass is 10.1. The van der Waals surface area contributed by atoms with E-state index in [9.17, 15) is 4.79 Å². The summed E-state index contributed by atoms with van der Waals surface area (Å²) in [6.45, 7) is 0. The van der Waals surface area contributed by atoms with Gasteiger partial charge in [-0.25, -0.2) is 4.98 Å². The van der Waals surface area contributed by atoms with E-state index in [2.05, 4.69) is 10.3 Å². The van der Waals surface area contributed by atoms with Crippen molar-refractivity contribution < 1.29 is 19.0 Å². The van der Waals surface area contributed by atoms with Crippen molar-refractivity contribution in [2.24, 2.45) is 0 Å². The highest BCUT2D eigenvalue weighted by Gasteiger charge is 2.09. The van der Waals surface area contributed by atoms with Gasteiger partial charge in [0.05, 0.1) is 33.4 Å². The second kappa shape index (κ2) is 10.9. The van der Waals surface area contributed by atoms with Crippen molar-refractivity contribution in [2.75, 3.05) is 26.6 Å². The first-order valence-corrected chi connectivity index (χ1v) is 11.3. The molecule has 0 saturated carbocycles. The number of carbonyl (C=O) groups is 1.